The van der Waals surface area contributed by atoms with Gasteiger partial charge in [-0.05, 0) is 38.0 Å². The van der Waals surface area contributed by atoms with E-state index in [1.54, 1.807) is 0 Å². The predicted molar refractivity (Wildman–Crippen MR) is 32.7 cm³/mol. The van der Waals surface area contributed by atoms with Gasteiger partial charge in [0.2, 0.25) is 0 Å². The Bertz CT molecular complexity index is 72.5. The van der Waals surface area contributed by atoms with Crippen molar-refractivity contribution >= 4 is 0 Å². The molecule has 2 rings (SSSR count). The maximum absolute atomic E-state index is 3.38. The van der Waals surface area contributed by atoms with Crippen molar-refractivity contribution in [1.29, 1.82) is 0 Å². The third-order valence-electron chi connectivity index (χ3n) is 2.29. The van der Waals surface area contributed by atoms with Crippen LogP contribution in [0, 0.1) is 11.8 Å². The summed E-state index contributed by atoms with van der Waals surface area (Å²) < 4.78 is 0. The summed E-state index contributed by atoms with van der Waals surface area (Å²) in [5.41, 5.74) is 0. The van der Waals surface area contributed by atoms with Crippen LogP contribution in [0.25, 0.3) is 0 Å². The Morgan fingerprint density at radius 1 is 0.750 bits per heavy atom. The monoisotopic (exact) mass is 112 g/mol. The lowest BCUT2D eigenvalue weighted by molar-refractivity contribution is 0.533. The molecule has 0 unspecified atom stereocenters. The Morgan fingerprint density at radius 2 is 1.12 bits per heavy atom. The summed E-state index contributed by atoms with van der Waals surface area (Å²) in [7, 11) is 0. The fraction of sp³-hybridized carbons (Fsp3) is 1.00. The summed E-state index contributed by atoms with van der Waals surface area (Å²) in [5, 5.41) is 6.77. The quantitative estimate of drug-likeness (QED) is 0.438. The number of nitrogens with one attached hydrogen (secondary N) is 2. The molecule has 2 aliphatic rings. The van der Waals surface area contributed by atoms with Crippen LogP contribution in [0.4, 0.5) is 0 Å². The molecule has 0 saturated carbocycles. The van der Waals surface area contributed by atoms with Crippen molar-refractivity contribution in [2.45, 2.75) is 0 Å². The molecule has 0 radical (unpaired) electrons. The highest BCUT2D eigenvalue weighted by Gasteiger charge is 2.30. The summed E-state index contributed by atoms with van der Waals surface area (Å²) in [6, 6.07) is 0. The van der Waals surface area contributed by atoms with Gasteiger partial charge in [-0.1, -0.05) is 0 Å². The van der Waals surface area contributed by atoms with E-state index in [1.165, 1.54) is 26.2 Å². The van der Waals surface area contributed by atoms with Crippen molar-refractivity contribution in [3.63, 3.8) is 0 Å². The van der Waals surface area contributed by atoms with E-state index in [0.717, 1.165) is 11.8 Å². The topological polar surface area (TPSA) is 24.1 Å². The van der Waals surface area contributed by atoms with E-state index < -0.39 is 0 Å². The first-order valence-corrected chi connectivity index (χ1v) is 3.38. The third-order valence-corrected chi connectivity index (χ3v) is 2.29. The summed E-state index contributed by atoms with van der Waals surface area (Å²) in [6.45, 7) is 4.99. The van der Waals surface area contributed by atoms with E-state index in [-0.39, 0.29) is 0 Å². The normalized spacial score (nSPS) is 45.0. The maximum atomic E-state index is 3.38. The molecular formula is C6H12N2. The van der Waals surface area contributed by atoms with E-state index in [4.69, 9.17) is 0 Å². The Hall–Kier alpha value is -0.0800. The molecule has 2 nitrogen and oxygen atoms in total. The van der Waals surface area contributed by atoms with Crippen molar-refractivity contribution < 1.29 is 0 Å². The zero-order chi connectivity index (χ0) is 5.40. The lowest BCUT2D eigenvalue weighted by atomic mass is 10.0. The summed E-state index contributed by atoms with van der Waals surface area (Å²) >= 11 is 0. The Kier molecular flexibility index (Phi) is 1.02. The van der Waals surface area contributed by atoms with Crippen LogP contribution in [0.15, 0.2) is 0 Å². The van der Waals surface area contributed by atoms with Gasteiger partial charge in [0.1, 0.15) is 0 Å². The van der Waals surface area contributed by atoms with Crippen molar-refractivity contribution in [2.75, 3.05) is 26.2 Å². The molecule has 0 aromatic carbocycles. The largest absolute Gasteiger partial charge is 0.316 e. The van der Waals surface area contributed by atoms with Crippen molar-refractivity contribution in [3.8, 4) is 0 Å². The molecule has 2 aliphatic heterocycles. The Balaban J connectivity index is 2.04. The van der Waals surface area contributed by atoms with Gasteiger partial charge in [-0.15, -0.1) is 0 Å². The number of fused-ring (bicyclic) bond motifs is 1. The van der Waals surface area contributed by atoms with Crippen LogP contribution in [-0.4, -0.2) is 26.2 Å². The minimum Gasteiger partial charge on any atom is -0.316 e. The smallest absolute Gasteiger partial charge is 0.000463 e. The van der Waals surface area contributed by atoms with Gasteiger partial charge in [0.05, 0.1) is 0 Å². The minimum absolute atomic E-state index is 0.954. The van der Waals surface area contributed by atoms with Gasteiger partial charge in [-0.3, -0.25) is 0 Å². The van der Waals surface area contributed by atoms with Crippen LogP contribution >= 0.6 is 0 Å². The minimum atomic E-state index is 0.954. The molecule has 0 bridgehead atoms. The molecule has 0 atom stereocenters. The number of rotatable bonds is 0. The first kappa shape index (κ1) is 4.77. The molecular weight excluding hydrogens is 100 g/mol. The molecule has 0 amide bonds. The second-order valence-corrected chi connectivity index (χ2v) is 2.84. The lowest BCUT2D eigenvalue weighted by Crippen LogP contribution is -2.19. The van der Waals surface area contributed by atoms with Crippen LogP contribution in [0.5, 0.6) is 0 Å². The highest BCUT2D eigenvalue weighted by molar-refractivity contribution is 4.88. The highest BCUT2D eigenvalue weighted by Crippen LogP contribution is 2.19. The highest BCUT2D eigenvalue weighted by atomic mass is 15.0. The molecule has 46 valence electrons. The second kappa shape index (κ2) is 1.71. The average Bonchev–Trinajstić information content (AvgIpc) is 2.15. The predicted octanol–water partition coefficient (Wildman–Crippen LogP) is -0.575. The van der Waals surface area contributed by atoms with Gasteiger partial charge >= 0.3 is 0 Å². The van der Waals surface area contributed by atoms with E-state index in [1.807, 2.05) is 0 Å². The van der Waals surface area contributed by atoms with Gasteiger partial charge in [0.15, 0.2) is 0 Å². The van der Waals surface area contributed by atoms with Crippen LogP contribution in [0.3, 0.4) is 0 Å². The molecule has 2 heterocycles. The van der Waals surface area contributed by atoms with Crippen LogP contribution in [0.2, 0.25) is 0 Å². The van der Waals surface area contributed by atoms with Crippen molar-refractivity contribution in [1.82, 2.24) is 10.6 Å². The van der Waals surface area contributed by atoms with Gasteiger partial charge in [-0.25, -0.2) is 0 Å². The van der Waals surface area contributed by atoms with E-state index in [0.29, 0.717) is 0 Å². The molecule has 8 heavy (non-hydrogen) atoms. The molecule has 2 fully saturated rings. The fourth-order valence-electron chi connectivity index (χ4n) is 1.72. The van der Waals surface area contributed by atoms with E-state index in [9.17, 15) is 0 Å². The number of hydrogen-bond acceptors (Lipinski definition) is 2. The molecule has 0 spiro atoms. The van der Waals surface area contributed by atoms with E-state index >= 15 is 0 Å². The first-order chi connectivity index (χ1) is 3.97. The zero-order valence-corrected chi connectivity index (χ0v) is 4.98. The zero-order valence-electron chi connectivity index (χ0n) is 4.98. The SMILES string of the molecule is C1NC[C@H]2CNC[C@@H]12. The van der Waals surface area contributed by atoms with Crippen molar-refractivity contribution in [2.24, 2.45) is 11.8 Å². The fourth-order valence-corrected chi connectivity index (χ4v) is 1.72. The standard InChI is InChI=1S/C6H12N2/c1-5-2-8-4-6(5)3-7-1/h5-8H,1-4H2/t5-,6+. The Morgan fingerprint density at radius 3 is 1.50 bits per heavy atom. The van der Waals surface area contributed by atoms with Crippen molar-refractivity contribution in [3.05, 3.63) is 0 Å². The summed E-state index contributed by atoms with van der Waals surface area (Å²) in [5.74, 6) is 1.91. The lowest BCUT2D eigenvalue weighted by Gasteiger charge is -2.01. The molecule has 2 saturated heterocycles. The van der Waals surface area contributed by atoms with Gasteiger partial charge in [-0.2, -0.15) is 0 Å². The molecule has 0 aromatic heterocycles. The molecule has 0 aromatic rings. The van der Waals surface area contributed by atoms with Crippen LogP contribution in [0.1, 0.15) is 0 Å². The molecule has 2 N–H and O–H groups in total. The summed E-state index contributed by atoms with van der Waals surface area (Å²) in [6.07, 6.45) is 0. The molecule has 0 aliphatic carbocycles. The third kappa shape index (κ3) is 0.565. The van der Waals surface area contributed by atoms with E-state index in [2.05, 4.69) is 10.6 Å². The van der Waals surface area contributed by atoms with Gasteiger partial charge in [0.25, 0.3) is 0 Å². The first-order valence-electron chi connectivity index (χ1n) is 3.38. The second-order valence-electron chi connectivity index (χ2n) is 2.84. The summed E-state index contributed by atoms with van der Waals surface area (Å²) in [4.78, 5) is 0. The Labute approximate surface area is 49.7 Å². The maximum Gasteiger partial charge on any atom is -0.000463 e. The van der Waals surface area contributed by atoms with Gasteiger partial charge < -0.3 is 10.6 Å². The molecule has 2 heteroatoms. The van der Waals surface area contributed by atoms with Gasteiger partial charge in [0, 0.05) is 0 Å². The number of hydrogen-bond donors (Lipinski definition) is 2. The van der Waals surface area contributed by atoms with Crippen LogP contribution in [-0.2, 0) is 0 Å². The van der Waals surface area contributed by atoms with Crippen LogP contribution < -0.4 is 10.6 Å². The average molecular weight is 112 g/mol.